The van der Waals surface area contributed by atoms with Gasteiger partial charge in [0.2, 0.25) is 11.8 Å². The first-order valence-electron chi connectivity index (χ1n) is 8.19. The summed E-state index contributed by atoms with van der Waals surface area (Å²) in [5.74, 6) is -0.882. The Morgan fingerprint density at radius 2 is 1.86 bits per heavy atom. The smallest absolute Gasteiger partial charge is 0.277 e. The zero-order valence-corrected chi connectivity index (χ0v) is 15.6. The van der Waals surface area contributed by atoms with Crippen molar-refractivity contribution in [2.45, 2.75) is 13.3 Å². The molecular formula is C18H16N6O3S. The Labute approximate surface area is 164 Å². The van der Waals surface area contributed by atoms with Crippen LogP contribution in [0.2, 0.25) is 0 Å². The molecule has 3 N–H and O–H groups in total. The van der Waals surface area contributed by atoms with Crippen LogP contribution in [0.1, 0.15) is 23.1 Å². The third-order valence-corrected chi connectivity index (χ3v) is 4.18. The highest BCUT2D eigenvalue weighted by atomic mass is 32.1. The second kappa shape index (κ2) is 8.82. The molecule has 0 aliphatic heterocycles. The highest BCUT2D eigenvalue weighted by molar-refractivity contribution is 7.14. The minimum atomic E-state index is -0.423. The van der Waals surface area contributed by atoms with Crippen LogP contribution in [-0.2, 0) is 16.0 Å². The van der Waals surface area contributed by atoms with Crippen molar-refractivity contribution < 1.29 is 14.4 Å². The molecule has 0 saturated carbocycles. The molecule has 0 unspecified atom stereocenters. The van der Waals surface area contributed by atoms with Crippen molar-refractivity contribution >= 4 is 45.6 Å². The third kappa shape index (κ3) is 5.42. The van der Waals surface area contributed by atoms with Crippen LogP contribution < -0.4 is 16.0 Å². The summed E-state index contributed by atoms with van der Waals surface area (Å²) in [5, 5.41) is 10.1. The number of aromatic nitrogens is 3. The van der Waals surface area contributed by atoms with E-state index in [-0.39, 0.29) is 23.9 Å². The summed E-state index contributed by atoms with van der Waals surface area (Å²) in [6.45, 7) is 1.41. The second-order valence-electron chi connectivity index (χ2n) is 5.68. The lowest BCUT2D eigenvalue weighted by molar-refractivity contribution is -0.116. The topological polar surface area (TPSA) is 126 Å². The summed E-state index contributed by atoms with van der Waals surface area (Å²) in [6, 6.07) is 6.83. The normalized spacial score (nSPS) is 10.2. The van der Waals surface area contributed by atoms with E-state index >= 15 is 0 Å². The summed E-state index contributed by atoms with van der Waals surface area (Å²) in [7, 11) is 0. The van der Waals surface area contributed by atoms with Crippen LogP contribution >= 0.6 is 11.3 Å². The van der Waals surface area contributed by atoms with Gasteiger partial charge in [-0.05, 0) is 18.2 Å². The molecule has 142 valence electrons. The summed E-state index contributed by atoms with van der Waals surface area (Å²) >= 11 is 1.21. The quantitative estimate of drug-likeness (QED) is 0.587. The number of hydrogen-bond acceptors (Lipinski definition) is 7. The van der Waals surface area contributed by atoms with E-state index in [1.165, 1.54) is 36.9 Å². The predicted molar refractivity (Wildman–Crippen MR) is 105 cm³/mol. The number of nitrogens with one attached hydrogen (secondary N) is 3. The lowest BCUT2D eigenvalue weighted by Crippen LogP contribution is -2.16. The maximum absolute atomic E-state index is 12.2. The molecule has 0 spiro atoms. The highest BCUT2D eigenvalue weighted by Crippen LogP contribution is 2.18. The van der Waals surface area contributed by atoms with E-state index < -0.39 is 5.91 Å². The van der Waals surface area contributed by atoms with Gasteiger partial charge in [0.1, 0.15) is 5.69 Å². The fourth-order valence-electron chi connectivity index (χ4n) is 2.27. The maximum Gasteiger partial charge on any atom is 0.277 e. The molecular weight excluding hydrogens is 380 g/mol. The zero-order valence-electron chi connectivity index (χ0n) is 14.8. The van der Waals surface area contributed by atoms with Crippen molar-refractivity contribution in [2.75, 3.05) is 16.0 Å². The Bertz CT molecular complexity index is 1010. The van der Waals surface area contributed by atoms with E-state index in [9.17, 15) is 14.4 Å². The largest absolute Gasteiger partial charge is 0.326 e. The van der Waals surface area contributed by atoms with Gasteiger partial charge in [-0.1, -0.05) is 6.07 Å². The number of amides is 3. The number of benzene rings is 1. The van der Waals surface area contributed by atoms with Gasteiger partial charge in [0, 0.05) is 36.1 Å². The Hall–Kier alpha value is -3.66. The molecule has 0 aliphatic rings. The molecule has 2 heterocycles. The van der Waals surface area contributed by atoms with Gasteiger partial charge in [-0.3, -0.25) is 24.7 Å². The lowest BCUT2D eigenvalue weighted by atomic mass is 10.2. The molecule has 1 aromatic carbocycles. The molecule has 3 aromatic rings. The van der Waals surface area contributed by atoms with Crippen molar-refractivity contribution in [1.82, 2.24) is 15.0 Å². The Balaban J connectivity index is 1.57. The lowest BCUT2D eigenvalue weighted by Gasteiger charge is -2.07. The van der Waals surface area contributed by atoms with Crippen molar-refractivity contribution in [1.29, 1.82) is 0 Å². The molecule has 3 amide bonds. The molecule has 3 rings (SSSR count). The van der Waals surface area contributed by atoms with Crippen molar-refractivity contribution in [2.24, 2.45) is 0 Å². The first-order chi connectivity index (χ1) is 13.5. The van der Waals surface area contributed by atoms with E-state index in [1.807, 2.05) is 0 Å². The van der Waals surface area contributed by atoms with Crippen molar-refractivity contribution in [3.8, 4) is 0 Å². The molecule has 0 radical (unpaired) electrons. The molecule has 2 aromatic heterocycles. The summed E-state index contributed by atoms with van der Waals surface area (Å²) in [6.07, 6.45) is 4.30. The highest BCUT2D eigenvalue weighted by Gasteiger charge is 2.12. The van der Waals surface area contributed by atoms with E-state index in [4.69, 9.17) is 0 Å². The Morgan fingerprint density at radius 3 is 2.57 bits per heavy atom. The van der Waals surface area contributed by atoms with Crippen LogP contribution in [-0.4, -0.2) is 32.7 Å². The standard InChI is InChI=1S/C18H16N6O3S/c1-11(25)21-12-3-2-4-13(7-12)22-16(26)8-14-10-28-18(23-14)24-17(27)15-9-19-5-6-20-15/h2-7,9-10H,8H2,1H3,(H,21,25)(H,22,26)(H,23,24,27). The van der Waals surface area contributed by atoms with Gasteiger partial charge in [0.25, 0.3) is 5.91 Å². The number of rotatable bonds is 6. The average Bonchev–Trinajstić information content (AvgIpc) is 3.08. The van der Waals surface area contributed by atoms with Gasteiger partial charge >= 0.3 is 0 Å². The molecule has 0 atom stereocenters. The fraction of sp³-hybridized carbons (Fsp3) is 0.111. The molecule has 10 heteroatoms. The van der Waals surface area contributed by atoms with E-state index in [0.717, 1.165) is 0 Å². The van der Waals surface area contributed by atoms with Crippen molar-refractivity contribution in [3.63, 3.8) is 0 Å². The van der Waals surface area contributed by atoms with Crippen LogP contribution in [0, 0.1) is 0 Å². The van der Waals surface area contributed by atoms with Crippen LogP contribution in [0.15, 0.2) is 48.2 Å². The Morgan fingerprint density at radius 1 is 1.07 bits per heavy atom. The molecule has 9 nitrogen and oxygen atoms in total. The SMILES string of the molecule is CC(=O)Nc1cccc(NC(=O)Cc2csc(NC(=O)c3cnccn3)n2)c1. The minimum Gasteiger partial charge on any atom is -0.326 e. The molecule has 0 bridgehead atoms. The molecule has 0 saturated heterocycles. The number of nitrogens with zero attached hydrogens (tertiary/aromatic N) is 3. The Kier molecular flexibility index (Phi) is 6.02. The summed E-state index contributed by atoms with van der Waals surface area (Å²) < 4.78 is 0. The number of anilines is 3. The van der Waals surface area contributed by atoms with Crippen LogP contribution in [0.4, 0.5) is 16.5 Å². The number of carbonyl (C=O) groups is 3. The minimum absolute atomic E-state index is 0.0435. The van der Waals surface area contributed by atoms with E-state index in [2.05, 4.69) is 30.9 Å². The van der Waals surface area contributed by atoms with Gasteiger partial charge < -0.3 is 10.6 Å². The fourth-order valence-corrected chi connectivity index (χ4v) is 2.98. The average molecular weight is 396 g/mol. The number of thiazole rings is 1. The van der Waals surface area contributed by atoms with Gasteiger partial charge in [0.05, 0.1) is 18.3 Å². The van der Waals surface area contributed by atoms with Crippen molar-refractivity contribution in [3.05, 3.63) is 59.6 Å². The van der Waals surface area contributed by atoms with Gasteiger partial charge in [0.15, 0.2) is 5.13 Å². The first kappa shape index (κ1) is 19.1. The number of carbonyl (C=O) groups excluding carboxylic acids is 3. The third-order valence-electron chi connectivity index (χ3n) is 3.38. The maximum atomic E-state index is 12.2. The molecule has 28 heavy (non-hydrogen) atoms. The van der Waals surface area contributed by atoms with Crippen LogP contribution in [0.25, 0.3) is 0 Å². The first-order valence-corrected chi connectivity index (χ1v) is 9.07. The van der Waals surface area contributed by atoms with Gasteiger partial charge in [-0.15, -0.1) is 11.3 Å². The molecule has 0 fully saturated rings. The monoisotopic (exact) mass is 396 g/mol. The molecule has 0 aliphatic carbocycles. The number of hydrogen-bond donors (Lipinski definition) is 3. The van der Waals surface area contributed by atoms with Crippen LogP contribution in [0.3, 0.4) is 0 Å². The summed E-state index contributed by atoms with van der Waals surface area (Å²) in [5.41, 5.74) is 1.85. The van der Waals surface area contributed by atoms with E-state index in [0.29, 0.717) is 22.2 Å². The predicted octanol–water partition coefficient (Wildman–Crippen LogP) is 2.33. The second-order valence-corrected chi connectivity index (χ2v) is 6.53. The zero-order chi connectivity index (χ0) is 19.9. The van der Waals surface area contributed by atoms with E-state index in [1.54, 1.807) is 29.6 Å². The van der Waals surface area contributed by atoms with Gasteiger partial charge in [-0.25, -0.2) is 9.97 Å². The summed E-state index contributed by atoms with van der Waals surface area (Å²) in [4.78, 5) is 47.4. The van der Waals surface area contributed by atoms with Crippen LogP contribution in [0.5, 0.6) is 0 Å². The van der Waals surface area contributed by atoms with Gasteiger partial charge in [-0.2, -0.15) is 0 Å².